The van der Waals surface area contributed by atoms with Crippen molar-refractivity contribution in [1.82, 2.24) is 5.32 Å². The van der Waals surface area contributed by atoms with E-state index in [9.17, 15) is 34.1 Å². The Kier molecular flexibility index (Phi) is 40.8. The number of phosphoric acid groups is 1. The van der Waals surface area contributed by atoms with Crippen LogP contribution in [-0.4, -0.2) is 64.9 Å². The molecule has 0 saturated carbocycles. The molecule has 346 valence electrons. The maximum Gasteiger partial charge on any atom is 0.472 e. The molecule has 0 bridgehead atoms. The van der Waals surface area contributed by atoms with E-state index in [1.54, 1.807) is 0 Å². The third-order valence-corrected chi connectivity index (χ3v) is 10.7. The maximum atomic E-state index is 12.3. The summed E-state index contributed by atoms with van der Waals surface area (Å²) < 4.78 is 26.9. The summed E-state index contributed by atoms with van der Waals surface area (Å²) in [5.41, 5.74) is 0. The summed E-state index contributed by atoms with van der Waals surface area (Å²) in [6.45, 7) is 2.45. The van der Waals surface area contributed by atoms with Gasteiger partial charge in [0.1, 0.15) is 12.7 Å². The van der Waals surface area contributed by atoms with Gasteiger partial charge in [0.2, 0.25) is 5.91 Å². The lowest BCUT2D eigenvalue weighted by atomic mass is 10.0. The van der Waals surface area contributed by atoms with Gasteiger partial charge in [0, 0.05) is 12.8 Å². The number of carboxylic acids is 1. The van der Waals surface area contributed by atoms with Gasteiger partial charge in [-0.25, -0.2) is 9.36 Å². The number of aliphatic hydroxyl groups is 1. The molecular weight excluding hydrogens is 781 g/mol. The van der Waals surface area contributed by atoms with Gasteiger partial charge < -0.3 is 25.2 Å². The highest BCUT2D eigenvalue weighted by Gasteiger charge is 2.28. The van der Waals surface area contributed by atoms with E-state index in [1.807, 2.05) is 6.08 Å². The summed E-state index contributed by atoms with van der Waals surface area (Å²) in [6.07, 6.45) is 49.7. The van der Waals surface area contributed by atoms with Crippen LogP contribution in [0.25, 0.3) is 0 Å². The number of esters is 1. The van der Waals surface area contributed by atoms with E-state index in [-0.39, 0.29) is 12.8 Å². The van der Waals surface area contributed by atoms with Gasteiger partial charge in [-0.05, 0) is 77.0 Å². The third kappa shape index (κ3) is 41.9. The molecule has 0 aliphatic rings. The first kappa shape index (κ1) is 57.2. The lowest BCUT2D eigenvalue weighted by Gasteiger charge is -2.18. The number of carboxylic acid groups (broad SMARTS) is 1. The highest BCUT2D eigenvalue weighted by atomic mass is 31.2. The summed E-state index contributed by atoms with van der Waals surface area (Å²) in [5.74, 6) is -2.43. The Hall–Kier alpha value is -2.82. The van der Waals surface area contributed by atoms with Gasteiger partial charge in [-0.2, -0.15) is 0 Å². The number of allylic oxidation sites excluding steroid dienone is 10. The van der Waals surface area contributed by atoms with Crippen molar-refractivity contribution >= 4 is 25.7 Å². The first-order valence-corrected chi connectivity index (χ1v) is 24.8. The Bertz CT molecular complexity index is 1250. The minimum Gasteiger partial charge on any atom is -0.480 e. The fourth-order valence-corrected chi connectivity index (χ4v) is 6.96. The van der Waals surface area contributed by atoms with Gasteiger partial charge in [0.15, 0.2) is 6.04 Å². The monoisotopic (exact) mass is 866 g/mol. The van der Waals surface area contributed by atoms with Crippen LogP contribution in [0.15, 0.2) is 60.8 Å². The number of nitrogens with one attached hydrogen (secondary N) is 1. The number of unbranched alkanes of at least 4 members (excludes halogenated alkanes) is 19. The number of hydrogen-bond acceptors (Lipinski definition) is 8. The predicted molar refractivity (Wildman–Crippen MR) is 245 cm³/mol. The number of carbonyl (C=O) groups is 3. The second-order valence-corrected chi connectivity index (χ2v) is 17.0. The molecule has 3 atom stereocenters. The summed E-state index contributed by atoms with van der Waals surface area (Å²) in [6, 6.07) is -1.57. The molecule has 0 spiro atoms. The normalized spacial score (nSPS) is 14.2. The van der Waals surface area contributed by atoms with Crippen LogP contribution < -0.4 is 5.32 Å². The van der Waals surface area contributed by atoms with Crippen molar-refractivity contribution < 1.29 is 47.8 Å². The average Bonchev–Trinajstić information content (AvgIpc) is 3.22. The van der Waals surface area contributed by atoms with Crippen LogP contribution in [0.2, 0.25) is 0 Å². The van der Waals surface area contributed by atoms with E-state index in [1.165, 1.54) is 96.3 Å². The van der Waals surface area contributed by atoms with E-state index in [2.05, 4.69) is 73.8 Å². The van der Waals surface area contributed by atoms with Crippen molar-refractivity contribution in [2.24, 2.45) is 0 Å². The van der Waals surface area contributed by atoms with E-state index in [4.69, 9.17) is 13.8 Å². The standard InChI is InChI=1S/C48H84NO10P/c1-3-5-7-9-11-13-15-17-19-20-21-22-23-24-26-28-30-32-34-36-38-40-47(52)57-41-44(50)42-58-60(55,56)59-43-45(48(53)54)49-46(51)39-37-35-33-31-29-27-25-18-16-14-12-10-8-6-4-2/h6,8,12,14,17-19,25,29,31,44-45,50H,3-5,7,9-11,13,15-16,20-24,26-28,30,32-43H2,1-2H3,(H,49,51)(H,53,54)(H,55,56)/b8-6-,14-12-,19-17+,25-18-,31-29-. The van der Waals surface area contributed by atoms with Gasteiger partial charge in [0.05, 0.1) is 13.2 Å². The van der Waals surface area contributed by atoms with E-state index < -0.39 is 57.6 Å². The van der Waals surface area contributed by atoms with Crippen molar-refractivity contribution in [1.29, 1.82) is 0 Å². The third-order valence-electron chi connectivity index (χ3n) is 9.79. The highest BCUT2D eigenvalue weighted by Crippen LogP contribution is 2.43. The number of amides is 1. The Labute approximate surface area is 364 Å². The van der Waals surface area contributed by atoms with Gasteiger partial charge in [-0.1, -0.05) is 164 Å². The molecule has 0 rings (SSSR count). The molecule has 3 unspecified atom stereocenters. The summed E-state index contributed by atoms with van der Waals surface area (Å²) in [4.78, 5) is 45.9. The number of carbonyl (C=O) groups excluding carboxylic acids is 2. The topological polar surface area (TPSA) is 169 Å². The van der Waals surface area contributed by atoms with Crippen molar-refractivity contribution in [3.8, 4) is 0 Å². The lowest BCUT2D eigenvalue weighted by Crippen LogP contribution is -2.43. The van der Waals surface area contributed by atoms with Crippen molar-refractivity contribution in [3.63, 3.8) is 0 Å². The maximum absolute atomic E-state index is 12.3. The number of aliphatic hydroxyl groups excluding tert-OH is 1. The molecule has 4 N–H and O–H groups in total. The molecular formula is C48H84NO10P. The average molecular weight is 866 g/mol. The van der Waals surface area contributed by atoms with Crippen LogP contribution >= 0.6 is 7.82 Å². The molecule has 0 aliphatic carbocycles. The van der Waals surface area contributed by atoms with Gasteiger partial charge >= 0.3 is 19.8 Å². The minimum absolute atomic E-state index is 0.0910. The van der Waals surface area contributed by atoms with Crippen LogP contribution in [0.5, 0.6) is 0 Å². The SMILES string of the molecule is CC/C=C\C/C=C\C/C=C\C/C=C\CCCCC(=O)NC(COP(=O)(O)OCC(O)COC(=O)CCCCCCCCCCCCC/C=C/CCCCCCCC)C(=O)O. The Balaban J connectivity index is 3.89. The Morgan fingerprint density at radius 3 is 1.48 bits per heavy atom. The molecule has 0 heterocycles. The second kappa shape index (κ2) is 42.9. The van der Waals surface area contributed by atoms with Crippen molar-refractivity contribution in [2.75, 3.05) is 19.8 Å². The predicted octanol–water partition coefficient (Wildman–Crippen LogP) is 12.3. The number of hydrogen-bond donors (Lipinski definition) is 4. The molecule has 1 amide bonds. The molecule has 0 aliphatic heterocycles. The fraction of sp³-hybridized carbons (Fsp3) is 0.729. The molecule has 0 aromatic carbocycles. The summed E-state index contributed by atoms with van der Waals surface area (Å²) >= 11 is 0. The van der Waals surface area contributed by atoms with Gasteiger partial charge in [-0.3, -0.25) is 18.6 Å². The first-order valence-electron chi connectivity index (χ1n) is 23.3. The zero-order chi connectivity index (χ0) is 44.2. The zero-order valence-corrected chi connectivity index (χ0v) is 38.4. The van der Waals surface area contributed by atoms with Crippen LogP contribution in [0, 0.1) is 0 Å². The molecule has 0 aromatic heterocycles. The number of phosphoric ester groups is 1. The molecule has 0 radical (unpaired) electrons. The number of aliphatic carboxylic acids is 1. The number of rotatable bonds is 43. The summed E-state index contributed by atoms with van der Waals surface area (Å²) in [5, 5.41) is 21.8. The molecule has 0 saturated heterocycles. The molecule has 12 heteroatoms. The lowest BCUT2D eigenvalue weighted by molar-refractivity contribution is -0.147. The molecule has 60 heavy (non-hydrogen) atoms. The van der Waals surface area contributed by atoms with Crippen molar-refractivity contribution in [2.45, 2.75) is 206 Å². The van der Waals surface area contributed by atoms with E-state index in [0.29, 0.717) is 12.8 Å². The van der Waals surface area contributed by atoms with Gasteiger partial charge in [-0.15, -0.1) is 0 Å². The fourth-order valence-electron chi connectivity index (χ4n) is 6.18. The Morgan fingerprint density at radius 1 is 0.550 bits per heavy atom. The molecule has 0 fully saturated rings. The van der Waals surface area contributed by atoms with Crippen LogP contribution in [-0.2, 0) is 32.7 Å². The first-order chi connectivity index (χ1) is 29.1. The van der Waals surface area contributed by atoms with E-state index >= 15 is 0 Å². The largest absolute Gasteiger partial charge is 0.480 e. The number of ether oxygens (including phenoxy) is 1. The Morgan fingerprint density at radius 2 is 0.967 bits per heavy atom. The van der Waals surface area contributed by atoms with E-state index in [0.717, 1.165) is 57.8 Å². The molecule has 0 aromatic rings. The quantitative estimate of drug-likeness (QED) is 0.0200. The zero-order valence-electron chi connectivity index (χ0n) is 37.5. The minimum atomic E-state index is -4.77. The second-order valence-electron chi connectivity index (χ2n) is 15.6. The smallest absolute Gasteiger partial charge is 0.472 e. The van der Waals surface area contributed by atoms with Crippen LogP contribution in [0.3, 0.4) is 0 Å². The highest BCUT2D eigenvalue weighted by molar-refractivity contribution is 7.47. The molecule has 11 nitrogen and oxygen atoms in total. The van der Waals surface area contributed by atoms with Crippen LogP contribution in [0.4, 0.5) is 0 Å². The summed E-state index contributed by atoms with van der Waals surface area (Å²) in [7, 11) is -4.77. The van der Waals surface area contributed by atoms with Gasteiger partial charge in [0.25, 0.3) is 0 Å². The van der Waals surface area contributed by atoms with Crippen LogP contribution in [0.1, 0.15) is 194 Å². The van der Waals surface area contributed by atoms with Crippen molar-refractivity contribution in [3.05, 3.63) is 60.8 Å².